The minimum Gasteiger partial charge on any atom is -0.382 e. The van der Waals surface area contributed by atoms with Crippen LogP contribution in [0.15, 0.2) is 42.2 Å². The van der Waals surface area contributed by atoms with Gasteiger partial charge in [-0.2, -0.15) is 5.26 Å². The van der Waals surface area contributed by atoms with Gasteiger partial charge in [0.1, 0.15) is 5.82 Å². The van der Waals surface area contributed by atoms with Crippen LogP contribution in [0.4, 0.5) is 10.1 Å². The van der Waals surface area contributed by atoms with Crippen LogP contribution >= 0.6 is 11.6 Å². The van der Waals surface area contributed by atoms with E-state index < -0.39 is 17.8 Å². The molecular weight excluding hydrogens is 495 g/mol. The molecule has 1 aromatic carbocycles. The standard InChI is InChI=1S/C27H26ClFN6O2/c1-14(25-24(29)8-21(12-33-25)35-13-17-6-23(17)27(35)37)32-11-18(10-31)26(36)34-20-4-16(5-20)22-7-19(28)3-2-15(22)9-30/h2-3,7-8,10-12,14,16-17,20,23,31-32H,4-6,13H2,1H3,(H,34,36)/b18-11+,31-10?/t14?,16-,17-,20+,23-/m1/s1. The molecule has 1 aliphatic heterocycles. The van der Waals surface area contributed by atoms with Crippen LogP contribution in [0.2, 0.25) is 5.02 Å². The van der Waals surface area contributed by atoms with Crippen molar-refractivity contribution in [3.8, 4) is 6.07 Å². The number of nitriles is 1. The number of pyridine rings is 1. The first-order chi connectivity index (χ1) is 17.8. The molecule has 0 spiro atoms. The van der Waals surface area contributed by atoms with E-state index >= 15 is 0 Å². The number of aromatic nitrogens is 1. The van der Waals surface area contributed by atoms with Crippen molar-refractivity contribution in [2.24, 2.45) is 11.8 Å². The Morgan fingerprint density at radius 1 is 1.35 bits per heavy atom. The Labute approximate surface area is 219 Å². The van der Waals surface area contributed by atoms with Crippen molar-refractivity contribution in [3.05, 3.63) is 69.9 Å². The van der Waals surface area contributed by atoms with Gasteiger partial charge in [-0.05, 0) is 61.8 Å². The number of carbonyl (C=O) groups excluding carboxylic acids is 2. The van der Waals surface area contributed by atoms with Crippen molar-refractivity contribution in [2.75, 3.05) is 11.4 Å². The lowest BCUT2D eigenvalue weighted by atomic mass is 9.74. The fourth-order valence-electron chi connectivity index (χ4n) is 5.11. The van der Waals surface area contributed by atoms with Gasteiger partial charge < -0.3 is 20.9 Å². The van der Waals surface area contributed by atoms with Crippen molar-refractivity contribution in [3.63, 3.8) is 0 Å². The van der Waals surface area contributed by atoms with Gasteiger partial charge in [0.25, 0.3) is 5.91 Å². The highest BCUT2D eigenvalue weighted by Gasteiger charge is 2.52. The van der Waals surface area contributed by atoms with Crippen molar-refractivity contribution >= 4 is 35.3 Å². The van der Waals surface area contributed by atoms with Gasteiger partial charge >= 0.3 is 0 Å². The Bertz CT molecular complexity index is 1350. The molecule has 0 bridgehead atoms. The third-order valence-electron chi connectivity index (χ3n) is 7.45. The zero-order valence-corrected chi connectivity index (χ0v) is 20.9. The molecule has 2 aliphatic carbocycles. The maximum atomic E-state index is 14.8. The largest absolute Gasteiger partial charge is 0.382 e. The molecule has 2 aromatic rings. The number of halogens is 2. The molecule has 3 atom stereocenters. The number of benzene rings is 1. The number of hydrogen-bond acceptors (Lipinski definition) is 6. The minimum absolute atomic E-state index is 0.0329. The van der Waals surface area contributed by atoms with Gasteiger partial charge in [0.05, 0.1) is 40.8 Å². The number of fused-ring (bicyclic) bond motifs is 1. The molecule has 37 heavy (non-hydrogen) atoms. The number of nitrogens with zero attached hydrogens (tertiary/aromatic N) is 3. The molecule has 3 aliphatic rings. The van der Waals surface area contributed by atoms with E-state index in [1.54, 1.807) is 30.0 Å². The van der Waals surface area contributed by atoms with Gasteiger partial charge in [-0.15, -0.1) is 0 Å². The van der Waals surface area contributed by atoms with Gasteiger partial charge in [-0.1, -0.05) is 11.6 Å². The molecule has 3 N–H and O–H groups in total. The average molecular weight is 521 g/mol. The second-order valence-corrected chi connectivity index (χ2v) is 10.4. The SMILES string of the molecule is CC(N/C=C(\C=N)C(=O)N[C@H]1C[C@@H](c2cc(Cl)ccc2C#N)C1)c1ncc(N2C[C@H]3C[C@H]3C2=O)cc1F. The average Bonchev–Trinajstić information content (AvgIpc) is 3.56. The van der Waals surface area contributed by atoms with E-state index in [1.807, 2.05) is 0 Å². The molecule has 10 heteroatoms. The van der Waals surface area contributed by atoms with Gasteiger partial charge in [-0.25, -0.2) is 4.39 Å². The number of hydrogen-bond donors (Lipinski definition) is 3. The van der Waals surface area contributed by atoms with E-state index in [9.17, 15) is 19.2 Å². The monoisotopic (exact) mass is 520 g/mol. The lowest BCUT2D eigenvalue weighted by molar-refractivity contribution is -0.119. The first kappa shape index (κ1) is 24.9. The summed E-state index contributed by atoms with van der Waals surface area (Å²) in [6, 6.07) is 8.02. The van der Waals surface area contributed by atoms with Crippen molar-refractivity contribution < 1.29 is 14.0 Å². The topological polar surface area (TPSA) is 122 Å². The first-order valence-corrected chi connectivity index (χ1v) is 12.6. The Morgan fingerprint density at radius 3 is 2.78 bits per heavy atom. The summed E-state index contributed by atoms with van der Waals surface area (Å²) in [5.74, 6) is -0.340. The minimum atomic E-state index is -0.570. The Morgan fingerprint density at radius 2 is 2.14 bits per heavy atom. The molecule has 190 valence electrons. The third-order valence-corrected chi connectivity index (χ3v) is 7.69. The molecule has 2 amide bonds. The zero-order valence-electron chi connectivity index (χ0n) is 20.2. The number of nitrogens with one attached hydrogen (secondary N) is 3. The Hall–Kier alpha value is -3.77. The molecule has 2 saturated carbocycles. The quantitative estimate of drug-likeness (QED) is 0.359. The predicted octanol–water partition coefficient (Wildman–Crippen LogP) is 3.97. The normalized spacial score (nSPS) is 25.0. The molecule has 1 saturated heterocycles. The van der Waals surface area contributed by atoms with Crippen molar-refractivity contribution in [1.82, 2.24) is 15.6 Å². The summed E-state index contributed by atoms with van der Waals surface area (Å²) in [5.41, 5.74) is 2.16. The van der Waals surface area contributed by atoms with Crippen molar-refractivity contribution in [1.29, 1.82) is 10.7 Å². The fraction of sp³-hybridized carbons (Fsp3) is 0.370. The lowest BCUT2D eigenvalue weighted by Gasteiger charge is -2.36. The van der Waals surface area contributed by atoms with E-state index in [1.165, 1.54) is 18.5 Å². The Balaban J connectivity index is 1.16. The second kappa shape index (κ2) is 9.94. The lowest BCUT2D eigenvalue weighted by Crippen LogP contribution is -2.44. The highest BCUT2D eigenvalue weighted by Crippen LogP contribution is 2.47. The number of amides is 2. The molecule has 5 rings (SSSR count). The van der Waals surface area contributed by atoms with Crippen LogP contribution in [-0.4, -0.2) is 35.6 Å². The molecular formula is C27H26ClFN6O2. The molecule has 3 fully saturated rings. The maximum absolute atomic E-state index is 14.8. The third kappa shape index (κ3) is 4.94. The summed E-state index contributed by atoms with van der Waals surface area (Å²) in [6.07, 6.45) is 6.06. The predicted molar refractivity (Wildman–Crippen MR) is 137 cm³/mol. The number of carbonyl (C=O) groups is 2. The van der Waals surface area contributed by atoms with Gasteiger partial charge in [0, 0.05) is 42.0 Å². The molecule has 8 nitrogen and oxygen atoms in total. The summed E-state index contributed by atoms with van der Waals surface area (Å²) < 4.78 is 14.8. The summed E-state index contributed by atoms with van der Waals surface area (Å²) >= 11 is 6.08. The van der Waals surface area contributed by atoms with Gasteiger partial charge in [-0.3, -0.25) is 14.6 Å². The second-order valence-electron chi connectivity index (χ2n) is 9.93. The summed E-state index contributed by atoms with van der Waals surface area (Å²) in [6.45, 7) is 2.31. The zero-order chi connectivity index (χ0) is 26.3. The van der Waals surface area contributed by atoms with E-state index in [0.29, 0.717) is 41.6 Å². The Kier molecular flexibility index (Phi) is 6.69. The summed E-state index contributed by atoms with van der Waals surface area (Å²) in [4.78, 5) is 30.8. The van der Waals surface area contributed by atoms with Crippen LogP contribution in [0.5, 0.6) is 0 Å². The summed E-state index contributed by atoms with van der Waals surface area (Å²) in [7, 11) is 0. The first-order valence-electron chi connectivity index (χ1n) is 12.2. The molecule has 1 aromatic heterocycles. The van der Waals surface area contributed by atoms with E-state index in [2.05, 4.69) is 21.7 Å². The van der Waals surface area contributed by atoms with Crippen LogP contribution in [0, 0.1) is 34.4 Å². The number of rotatable bonds is 8. The van der Waals surface area contributed by atoms with Crippen LogP contribution < -0.4 is 15.5 Å². The highest BCUT2D eigenvalue weighted by molar-refractivity contribution is 6.30. The fourth-order valence-corrected chi connectivity index (χ4v) is 5.29. The maximum Gasteiger partial charge on any atom is 0.254 e. The van der Waals surface area contributed by atoms with Gasteiger partial charge in [0.15, 0.2) is 0 Å². The number of piperidine rings is 1. The van der Waals surface area contributed by atoms with Gasteiger partial charge in [0.2, 0.25) is 5.91 Å². The molecule has 1 unspecified atom stereocenters. The smallest absolute Gasteiger partial charge is 0.254 e. The molecule has 0 radical (unpaired) electrons. The van der Waals surface area contributed by atoms with E-state index in [4.69, 9.17) is 17.0 Å². The van der Waals surface area contributed by atoms with Crippen molar-refractivity contribution in [2.45, 2.75) is 44.2 Å². The van der Waals surface area contributed by atoms with E-state index in [-0.39, 0.29) is 35.1 Å². The van der Waals surface area contributed by atoms with Crippen LogP contribution in [0.25, 0.3) is 0 Å². The van der Waals surface area contributed by atoms with Crippen LogP contribution in [0.1, 0.15) is 55.0 Å². The summed E-state index contributed by atoms with van der Waals surface area (Å²) in [5, 5.41) is 23.4. The highest BCUT2D eigenvalue weighted by atomic mass is 35.5. The van der Waals surface area contributed by atoms with E-state index in [0.717, 1.165) is 18.2 Å². The van der Waals surface area contributed by atoms with Crippen LogP contribution in [-0.2, 0) is 9.59 Å². The van der Waals surface area contributed by atoms with Crippen LogP contribution in [0.3, 0.4) is 0 Å². The number of anilines is 1. The molecule has 2 heterocycles.